The van der Waals surface area contributed by atoms with E-state index in [0.29, 0.717) is 6.42 Å². The van der Waals surface area contributed by atoms with E-state index in [-0.39, 0.29) is 11.9 Å². The van der Waals surface area contributed by atoms with Gasteiger partial charge in [-0.15, -0.1) is 6.58 Å². The number of carbonyl (C=O) groups is 2. The molecule has 5 heteroatoms. The lowest BCUT2D eigenvalue weighted by Gasteiger charge is -2.33. The van der Waals surface area contributed by atoms with Crippen molar-refractivity contribution in [3.63, 3.8) is 0 Å². The van der Waals surface area contributed by atoms with E-state index >= 15 is 0 Å². The number of aryl methyl sites for hydroxylation is 1. The second-order valence-corrected chi connectivity index (χ2v) is 7.36. The van der Waals surface area contributed by atoms with Crippen LogP contribution in [0.3, 0.4) is 0 Å². The summed E-state index contributed by atoms with van der Waals surface area (Å²) in [6.45, 7) is 7.89. The molecule has 1 aromatic rings. The van der Waals surface area contributed by atoms with Crippen molar-refractivity contribution in [2.24, 2.45) is 11.8 Å². The van der Waals surface area contributed by atoms with E-state index in [1.54, 1.807) is 11.0 Å². The van der Waals surface area contributed by atoms with Crippen LogP contribution in [0.25, 0.3) is 0 Å². The normalized spacial score (nSPS) is 35.3. The molecule has 1 N–H and O–H groups in total. The van der Waals surface area contributed by atoms with Gasteiger partial charge in [-0.1, -0.05) is 29.9 Å². The summed E-state index contributed by atoms with van der Waals surface area (Å²) in [5, 5.41) is 9.66. The first-order chi connectivity index (χ1) is 11.8. The summed E-state index contributed by atoms with van der Waals surface area (Å²) in [6.07, 6.45) is 3.75. The lowest BCUT2D eigenvalue weighted by atomic mass is 9.74. The summed E-state index contributed by atoms with van der Waals surface area (Å²) in [7, 11) is 0. The number of hydrogen-bond donors (Lipinski definition) is 1. The van der Waals surface area contributed by atoms with Crippen LogP contribution in [0.1, 0.15) is 18.9 Å². The minimum absolute atomic E-state index is 0.170. The molecule has 5 nitrogen and oxygen atoms in total. The average molecular weight is 339 g/mol. The van der Waals surface area contributed by atoms with Gasteiger partial charge in [-0.3, -0.25) is 9.59 Å². The number of hydrogen-bond acceptors (Lipinski definition) is 3. The molecule has 3 aliphatic rings. The van der Waals surface area contributed by atoms with E-state index in [0.717, 1.165) is 16.8 Å². The Kier molecular flexibility index (Phi) is 3.41. The van der Waals surface area contributed by atoms with Gasteiger partial charge < -0.3 is 14.7 Å². The van der Waals surface area contributed by atoms with E-state index < -0.39 is 29.5 Å². The maximum absolute atomic E-state index is 13.3. The SMILES string of the molecule is C=C(C)C[C@@H]1N(c2cccc(C)c2)C(=O)[C@@H]2[C@H](C(=O)O)[C@H]3C=C[C@]21O3. The molecule has 2 bridgehead atoms. The van der Waals surface area contributed by atoms with Gasteiger partial charge in [0.05, 0.1) is 18.1 Å². The number of amides is 1. The van der Waals surface area contributed by atoms with E-state index in [9.17, 15) is 14.7 Å². The smallest absolute Gasteiger partial charge is 0.310 e. The Labute approximate surface area is 146 Å². The van der Waals surface area contributed by atoms with Crippen molar-refractivity contribution in [1.29, 1.82) is 0 Å². The largest absolute Gasteiger partial charge is 0.481 e. The molecule has 0 unspecified atom stereocenters. The van der Waals surface area contributed by atoms with Gasteiger partial charge in [-0.05, 0) is 38.0 Å². The summed E-state index contributed by atoms with van der Waals surface area (Å²) < 4.78 is 6.13. The van der Waals surface area contributed by atoms with Crippen molar-refractivity contribution in [2.75, 3.05) is 4.90 Å². The van der Waals surface area contributed by atoms with Crippen LogP contribution in [0.2, 0.25) is 0 Å². The summed E-state index contributed by atoms with van der Waals surface area (Å²) in [5.74, 6) is -2.67. The number of rotatable bonds is 4. The molecule has 1 aromatic carbocycles. The first-order valence-corrected chi connectivity index (χ1v) is 8.49. The van der Waals surface area contributed by atoms with Gasteiger partial charge in [0.1, 0.15) is 11.5 Å². The Hall–Kier alpha value is -2.40. The minimum Gasteiger partial charge on any atom is -0.481 e. The van der Waals surface area contributed by atoms with Crippen LogP contribution in [0.4, 0.5) is 5.69 Å². The van der Waals surface area contributed by atoms with Crippen LogP contribution < -0.4 is 4.90 Å². The second kappa shape index (κ2) is 5.30. The van der Waals surface area contributed by atoms with Gasteiger partial charge in [0.2, 0.25) is 5.91 Å². The highest BCUT2D eigenvalue weighted by atomic mass is 16.5. The fourth-order valence-corrected chi connectivity index (χ4v) is 4.60. The number of benzene rings is 1. The third-order valence-corrected chi connectivity index (χ3v) is 5.53. The Morgan fingerprint density at radius 2 is 2.20 bits per heavy atom. The number of nitrogens with zero attached hydrogens (tertiary/aromatic N) is 1. The molecule has 0 aromatic heterocycles. The number of ether oxygens (including phenoxy) is 1. The van der Waals surface area contributed by atoms with Crippen LogP contribution in [0.5, 0.6) is 0 Å². The molecule has 4 rings (SSSR count). The molecule has 3 heterocycles. The fourth-order valence-electron chi connectivity index (χ4n) is 4.60. The van der Waals surface area contributed by atoms with Gasteiger partial charge in [0.15, 0.2) is 0 Å². The maximum Gasteiger partial charge on any atom is 0.310 e. The third-order valence-electron chi connectivity index (χ3n) is 5.53. The number of fused-ring (bicyclic) bond motifs is 1. The van der Waals surface area contributed by atoms with Crippen molar-refractivity contribution in [3.05, 3.63) is 54.1 Å². The zero-order valence-electron chi connectivity index (χ0n) is 14.3. The monoisotopic (exact) mass is 339 g/mol. The van der Waals surface area contributed by atoms with Crippen molar-refractivity contribution < 1.29 is 19.4 Å². The second-order valence-electron chi connectivity index (χ2n) is 7.36. The molecule has 0 radical (unpaired) electrons. The van der Waals surface area contributed by atoms with Crippen LogP contribution in [0.15, 0.2) is 48.6 Å². The molecule has 130 valence electrons. The molecular weight excluding hydrogens is 318 g/mol. The molecule has 1 spiro atoms. The third kappa shape index (κ3) is 2.12. The summed E-state index contributed by atoms with van der Waals surface area (Å²) in [6, 6.07) is 7.44. The fraction of sp³-hybridized carbons (Fsp3) is 0.400. The Morgan fingerprint density at radius 1 is 1.44 bits per heavy atom. The summed E-state index contributed by atoms with van der Waals surface area (Å²) in [4.78, 5) is 26.8. The van der Waals surface area contributed by atoms with Gasteiger partial charge in [0, 0.05) is 5.69 Å². The highest BCUT2D eigenvalue weighted by Crippen LogP contribution is 2.56. The Morgan fingerprint density at radius 3 is 2.84 bits per heavy atom. The molecule has 1 amide bonds. The topological polar surface area (TPSA) is 66.8 Å². The molecule has 25 heavy (non-hydrogen) atoms. The first-order valence-electron chi connectivity index (χ1n) is 8.49. The zero-order chi connectivity index (χ0) is 17.9. The van der Waals surface area contributed by atoms with Crippen molar-refractivity contribution >= 4 is 17.6 Å². The number of aliphatic carboxylic acids is 1. The van der Waals surface area contributed by atoms with E-state index in [2.05, 4.69) is 6.58 Å². The molecule has 2 saturated heterocycles. The summed E-state index contributed by atoms with van der Waals surface area (Å²) in [5.41, 5.74) is 1.88. The lowest BCUT2D eigenvalue weighted by Crippen LogP contribution is -2.45. The number of anilines is 1. The van der Waals surface area contributed by atoms with E-state index in [1.165, 1.54) is 0 Å². The van der Waals surface area contributed by atoms with Gasteiger partial charge in [-0.2, -0.15) is 0 Å². The average Bonchev–Trinajstić information content (AvgIpc) is 3.16. The van der Waals surface area contributed by atoms with Crippen molar-refractivity contribution in [1.82, 2.24) is 0 Å². The molecule has 2 fully saturated rings. The predicted molar refractivity (Wildman–Crippen MR) is 93.2 cm³/mol. The van der Waals surface area contributed by atoms with Crippen LogP contribution in [-0.4, -0.2) is 34.7 Å². The number of carbonyl (C=O) groups excluding carboxylic acids is 1. The molecule has 0 aliphatic carbocycles. The Bertz CT molecular complexity index is 814. The first kappa shape index (κ1) is 16.1. The standard InChI is InChI=1S/C20H21NO4/c1-11(2)9-15-20-8-7-14(25-20)16(19(23)24)17(20)18(22)21(15)13-6-4-5-12(3)10-13/h4-8,10,14-17H,1,9H2,2-3H3,(H,23,24)/t14-,15+,16-,17+,20-/m1/s1. The highest BCUT2D eigenvalue weighted by molar-refractivity contribution is 6.03. The quantitative estimate of drug-likeness (QED) is 0.857. The Balaban J connectivity index is 1.85. The van der Waals surface area contributed by atoms with Gasteiger partial charge in [-0.25, -0.2) is 0 Å². The van der Waals surface area contributed by atoms with E-state index in [4.69, 9.17) is 4.74 Å². The van der Waals surface area contributed by atoms with Gasteiger partial charge >= 0.3 is 5.97 Å². The maximum atomic E-state index is 13.3. The zero-order valence-corrected chi connectivity index (χ0v) is 14.3. The number of carboxylic acid groups (broad SMARTS) is 1. The molecule has 0 saturated carbocycles. The molecule has 5 atom stereocenters. The predicted octanol–water partition coefficient (Wildman–Crippen LogP) is 2.70. The van der Waals surface area contributed by atoms with Crippen LogP contribution in [-0.2, 0) is 14.3 Å². The van der Waals surface area contributed by atoms with Gasteiger partial charge in [0.25, 0.3) is 0 Å². The minimum atomic E-state index is -0.977. The molecule has 3 aliphatic heterocycles. The van der Waals surface area contributed by atoms with E-state index in [1.807, 2.05) is 44.2 Å². The van der Waals surface area contributed by atoms with Crippen LogP contribution in [0, 0.1) is 18.8 Å². The molecular formula is C20H21NO4. The van der Waals surface area contributed by atoms with Crippen molar-refractivity contribution in [3.8, 4) is 0 Å². The lowest BCUT2D eigenvalue weighted by molar-refractivity contribution is -0.146. The summed E-state index contributed by atoms with van der Waals surface area (Å²) >= 11 is 0. The number of carboxylic acids is 1. The van der Waals surface area contributed by atoms with Crippen LogP contribution >= 0.6 is 0 Å². The highest BCUT2D eigenvalue weighted by Gasteiger charge is 2.71. The van der Waals surface area contributed by atoms with Crippen molar-refractivity contribution in [2.45, 2.75) is 38.0 Å².